The van der Waals surface area contributed by atoms with Gasteiger partial charge in [0.15, 0.2) is 0 Å². The van der Waals surface area contributed by atoms with Crippen LogP contribution in [-0.4, -0.2) is 13.1 Å². The van der Waals surface area contributed by atoms with Crippen molar-refractivity contribution in [2.24, 2.45) is 5.73 Å². The highest BCUT2D eigenvalue weighted by molar-refractivity contribution is 7.80. The normalized spacial score (nSPS) is 10.1. The van der Waals surface area contributed by atoms with Crippen LogP contribution in [-0.2, 0) is 0 Å². The van der Waals surface area contributed by atoms with Crippen LogP contribution in [0.15, 0.2) is 29.2 Å². The van der Waals surface area contributed by atoms with E-state index in [1.807, 2.05) is 18.2 Å². The molecule has 0 radical (unpaired) electrons. The van der Waals surface area contributed by atoms with E-state index in [1.165, 1.54) is 12.8 Å². The maximum absolute atomic E-state index is 5.41. The van der Waals surface area contributed by atoms with Crippen LogP contribution in [0, 0.1) is 0 Å². The number of benzene rings is 1. The topological polar surface area (TPSA) is 38.0 Å². The maximum atomic E-state index is 5.41. The quantitative estimate of drug-likeness (QED) is 0.498. The number of thiol groups is 1. The van der Waals surface area contributed by atoms with Gasteiger partial charge in [-0.25, -0.2) is 0 Å². The number of hydrogen-bond donors (Lipinski definition) is 3. The summed E-state index contributed by atoms with van der Waals surface area (Å²) in [6.45, 7) is 1.81. The molecule has 1 rings (SSSR count). The second-order valence-electron chi connectivity index (χ2n) is 3.33. The molecule has 1 aromatic rings. The summed E-state index contributed by atoms with van der Waals surface area (Å²) in [5, 5.41) is 3.35. The SMILES string of the molecule is NCCCCCNc1cccc(S)c1. The number of rotatable bonds is 6. The molecule has 0 atom stereocenters. The molecular formula is C11H18N2S. The first-order valence-corrected chi connectivity index (χ1v) is 5.50. The molecule has 0 unspecified atom stereocenters. The van der Waals surface area contributed by atoms with Crippen molar-refractivity contribution >= 4 is 18.3 Å². The Labute approximate surface area is 91.3 Å². The lowest BCUT2D eigenvalue weighted by Gasteiger charge is -2.06. The van der Waals surface area contributed by atoms with Crippen molar-refractivity contribution in [3.05, 3.63) is 24.3 Å². The molecule has 0 saturated heterocycles. The van der Waals surface area contributed by atoms with Crippen LogP contribution in [0.3, 0.4) is 0 Å². The molecule has 78 valence electrons. The van der Waals surface area contributed by atoms with E-state index in [2.05, 4.69) is 24.0 Å². The predicted octanol–water partition coefficient (Wildman–Crippen LogP) is 2.52. The molecule has 14 heavy (non-hydrogen) atoms. The van der Waals surface area contributed by atoms with Crippen LogP contribution in [0.1, 0.15) is 19.3 Å². The van der Waals surface area contributed by atoms with E-state index in [4.69, 9.17) is 5.73 Å². The minimum absolute atomic E-state index is 0.798. The molecule has 0 aliphatic carbocycles. The molecule has 3 N–H and O–H groups in total. The highest BCUT2D eigenvalue weighted by Crippen LogP contribution is 2.13. The Morgan fingerprint density at radius 2 is 2.07 bits per heavy atom. The number of anilines is 1. The van der Waals surface area contributed by atoms with Crippen molar-refractivity contribution in [2.45, 2.75) is 24.2 Å². The lowest BCUT2D eigenvalue weighted by atomic mass is 10.2. The van der Waals surface area contributed by atoms with Gasteiger partial charge < -0.3 is 11.1 Å². The van der Waals surface area contributed by atoms with E-state index in [9.17, 15) is 0 Å². The van der Waals surface area contributed by atoms with Gasteiger partial charge in [-0.1, -0.05) is 12.5 Å². The zero-order chi connectivity index (χ0) is 10.2. The van der Waals surface area contributed by atoms with Gasteiger partial charge in [0.2, 0.25) is 0 Å². The standard InChI is InChI=1S/C11H18N2S/c12-7-2-1-3-8-13-10-5-4-6-11(14)9-10/h4-6,9,13-14H,1-3,7-8,12H2. The molecule has 0 aromatic heterocycles. The largest absolute Gasteiger partial charge is 0.385 e. The molecule has 0 amide bonds. The molecule has 3 heteroatoms. The number of hydrogen-bond acceptors (Lipinski definition) is 3. The number of nitrogens with one attached hydrogen (secondary N) is 1. The minimum atomic E-state index is 0.798. The molecule has 0 heterocycles. The Balaban J connectivity index is 2.18. The van der Waals surface area contributed by atoms with Crippen LogP contribution in [0.5, 0.6) is 0 Å². The highest BCUT2D eigenvalue weighted by atomic mass is 32.1. The van der Waals surface area contributed by atoms with Crippen LogP contribution < -0.4 is 11.1 Å². The number of unbranched alkanes of at least 4 members (excludes halogenated alkanes) is 2. The molecule has 0 bridgehead atoms. The average Bonchev–Trinajstić information content (AvgIpc) is 2.18. The van der Waals surface area contributed by atoms with E-state index >= 15 is 0 Å². The first kappa shape index (κ1) is 11.4. The van der Waals surface area contributed by atoms with Crippen LogP contribution in [0.25, 0.3) is 0 Å². The van der Waals surface area contributed by atoms with Gasteiger partial charge in [0.1, 0.15) is 0 Å². The summed E-state index contributed by atoms with van der Waals surface area (Å²) < 4.78 is 0. The lowest BCUT2D eigenvalue weighted by Crippen LogP contribution is -2.03. The average molecular weight is 210 g/mol. The van der Waals surface area contributed by atoms with Crippen molar-refractivity contribution in [3.63, 3.8) is 0 Å². The Kier molecular flexibility index (Phi) is 5.49. The van der Waals surface area contributed by atoms with Gasteiger partial charge in [0.25, 0.3) is 0 Å². The van der Waals surface area contributed by atoms with Gasteiger partial charge in [-0.3, -0.25) is 0 Å². The number of nitrogens with two attached hydrogens (primary N) is 1. The summed E-state index contributed by atoms with van der Waals surface area (Å²) >= 11 is 4.28. The molecule has 0 saturated carbocycles. The van der Waals surface area contributed by atoms with Crippen molar-refractivity contribution < 1.29 is 0 Å². The van der Waals surface area contributed by atoms with E-state index in [0.717, 1.165) is 30.1 Å². The molecule has 1 aromatic carbocycles. The zero-order valence-electron chi connectivity index (χ0n) is 8.37. The second kappa shape index (κ2) is 6.74. The first-order valence-electron chi connectivity index (χ1n) is 5.06. The third kappa shape index (κ3) is 4.53. The van der Waals surface area contributed by atoms with Gasteiger partial charge in [0.05, 0.1) is 0 Å². The first-order chi connectivity index (χ1) is 6.83. The summed E-state index contributed by atoms with van der Waals surface area (Å²) in [7, 11) is 0. The second-order valence-corrected chi connectivity index (χ2v) is 3.84. The summed E-state index contributed by atoms with van der Waals surface area (Å²) in [4.78, 5) is 0.997. The predicted molar refractivity (Wildman–Crippen MR) is 65.1 cm³/mol. The van der Waals surface area contributed by atoms with Gasteiger partial charge in [-0.2, -0.15) is 0 Å². The van der Waals surface area contributed by atoms with Crippen LogP contribution in [0.4, 0.5) is 5.69 Å². The molecule has 0 aliphatic rings. The van der Waals surface area contributed by atoms with Gasteiger partial charge in [-0.15, -0.1) is 12.6 Å². The summed E-state index contributed by atoms with van der Waals surface area (Å²) in [5.41, 5.74) is 6.55. The summed E-state index contributed by atoms with van der Waals surface area (Å²) in [6, 6.07) is 8.07. The van der Waals surface area contributed by atoms with E-state index in [1.54, 1.807) is 0 Å². The lowest BCUT2D eigenvalue weighted by molar-refractivity contribution is 0.707. The molecule has 0 spiro atoms. The fourth-order valence-corrected chi connectivity index (χ4v) is 1.52. The van der Waals surface area contributed by atoms with Crippen LogP contribution in [0.2, 0.25) is 0 Å². The maximum Gasteiger partial charge on any atom is 0.0351 e. The fourth-order valence-electron chi connectivity index (χ4n) is 1.29. The Morgan fingerprint density at radius 3 is 2.79 bits per heavy atom. The van der Waals surface area contributed by atoms with Gasteiger partial charge >= 0.3 is 0 Å². The van der Waals surface area contributed by atoms with E-state index < -0.39 is 0 Å². The smallest absolute Gasteiger partial charge is 0.0351 e. The minimum Gasteiger partial charge on any atom is -0.385 e. The Morgan fingerprint density at radius 1 is 1.21 bits per heavy atom. The van der Waals surface area contributed by atoms with Gasteiger partial charge in [0, 0.05) is 17.1 Å². The molecular weight excluding hydrogens is 192 g/mol. The van der Waals surface area contributed by atoms with E-state index in [-0.39, 0.29) is 0 Å². The van der Waals surface area contributed by atoms with Crippen molar-refractivity contribution in [3.8, 4) is 0 Å². The molecule has 0 fully saturated rings. The Hall–Kier alpha value is -0.670. The Bertz CT molecular complexity index is 263. The molecule has 0 aliphatic heterocycles. The molecule has 2 nitrogen and oxygen atoms in total. The third-order valence-electron chi connectivity index (χ3n) is 2.06. The summed E-state index contributed by atoms with van der Waals surface area (Å²) in [5.74, 6) is 0. The fraction of sp³-hybridized carbons (Fsp3) is 0.455. The van der Waals surface area contributed by atoms with Crippen molar-refractivity contribution in [1.29, 1.82) is 0 Å². The van der Waals surface area contributed by atoms with Crippen LogP contribution >= 0.6 is 12.6 Å². The van der Waals surface area contributed by atoms with E-state index in [0.29, 0.717) is 0 Å². The van der Waals surface area contributed by atoms with Crippen molar-refractivity contribution in [2.75, 3.05) is 18.4 Å². The van der Waals surface area contributed by atoms with Crippen molar-refractivity contribution in [1.82, 2.24) is 0 Å². The van der Waals surface area contributed by atoms with Gasteiger partial charge in [-0.05, 0) is 37.6 Å². The highest BCUT2D eigenvalue weighted by Gasteiger charge is 1.92. The zero-order valence-corrected chi connectivity index (χ0v) is 9.26. The monoisotopic (exact) mass is 210 g/mol. The summed E-state index contributed by atoms with van der Waals surface area (Å²) in [6.07, 6.45) is 3.49. The third-order valence-corrected chi connectivity index (χ3v) is 2.33.